The van der Waals surface area contributed by atoms with Gasteiger partial charge in [-0.05, 0) is 38.8 Å². The Balaban J connectivity index is 1.77. The molecule has 0 bridgehead atoms. The minimum atomic E-state index is -0.254. The normalized spacial score (nSPS) is 23.8. The van der Waals surface area contributed by atoms with Gasteiger partial charge in [0.2, 0.25) is 0 Å². The predicted molar refractivity (Wildman–Crippen MR) is 82.1 cm³/mol. The van der Waals surface area contributed by atoms with E-state index in [4.69, 9.17) is 4.74 Å². The fraction of sp³-hybridized carbons (Fsp3) is 0.667. The molecule has 1 N–H and O–H groups in total. The summed E-state index contributed by atoms with van der Waals surface area (Å²) in [5, 5.41) is 3.50. The Hall–Kier alpha value is -0.910. The highest BCUT2D eigenvalue weighted by molar-refractivity contribution is 7.12. The van der Waals surface area contributed by atoms with Gasteiger partial charge >= 0.3 is 0 Å². The third kappa shape index (κ3) is 3.81. The minimum Gasteiger partial charge on any atom is -0.364 e. The fourth-order valence-electron chi connectivity index (χ4n) is 2.42. The standard InChI is InChI=1S/C15H24N2O2S/c1-10-5-8-14(20-10)11(2)16-9-12-6-7-13(19-12)15(18)17(3)4/h5,8,11-13,16H,6-7,9H2,1-4H3. The maximum absolute atomic E-state index is 11.8. The number of rotatable bonds is 5. The number of amides is 1. The molecule has 0 aliphatic carbocycles. The lowest BCUT2D eigenvalue weighted by Gasteiger charge is -2.19. The summed E-state index contributed by atoms with van der Waals surface area (Å²) in [6, 6.07) is 4.66. The molecule has 0 aromatic carbocycles. The average molecular weight is 296 g/mol. The molecule has 1 aliphatic heterocycles. The van der Waals surface area contributed by atoms with E-state index in [-0.39, 0.29) is 18.1 Å². The molecule has 3 atom stereocenters. The summed E-state index contributed by atoms with van der Waals surface area (Å²) in [7, 11) is 3.55. The van der Waals surface area contributed by atoms with E-state index in [1.165, 1.54) is 9.75 Å². The molecule has 0 spiro atoms. The molecule has 1 fully saturated rings. The van der Waals surface area contributed by atoms with Crippen LogP contribution in [0.4, 0.5) is 0 Å². The van der Waals surface area contributed by atoms with Crippen LogP contribution in [-0.4, -0.2) is 43.7 Å². The number of nitrogens with one attached hydrogen (secondary N) is 1. The second-order valence-corrected chi connectivity index (χ2v) is 6.95. The van der Waals surface area contributed by atoms with Crippen LogP contribution in [0, 0.1) is 6.92 Å². The molecular weight excluding hydrogens is 272 g/mol. The number of carbonyl (C=O) groups is 1. The highest BCUT2D eigenvalue weighted by Gasteiger charge is 2.31. The van der Waals surface area contributed by atoms with Crippen LogP contribution in [0.2, 0.25) is 0 Å². The van der Waals surface area contributed by atoms with Crippen molar-refractivity contribution >= 4 is 17.2 Å². The first-order chi connectivity index (χ1) is 9.47. The van der Waals surface area contributed by atoms with E-state index in [0.29, 0.717) is 6.04 Å². The zero-order valence-corrected chi connectivity index (χ0v) is 13.5. The number of aryl methyl sites for hydroxylation is 1. The largest absolute Gasteiger partial charge is 0.364 e. The second-order valence-electron chi connectivity index (χ2n) is 5.64. The average Bonchev–Trinajstić information content (AvgIpc) is 3.03. The third-order valence-corrected chi connectivity index (χ3v) is 4.85. The lowest BCUT2D eigenvalue weighted by molar-refractivity contribution is -0.140. The summed E-state index contributed by atoms with van der Waals surface area (Å²) in [6.07, 6.45) is 1.67. The van der Waals surface area contributed by atoms with Crippen molar-refractivity contribution in [1.29, 1.82) is 0 Å². The zero-order valence-electron chi connectivity index (χ0n) is 12.7. The lowest BCUT2D eigenvalue weighted by atomic mass is 10.1. The number of nitrogens with zero attached hydrogens (tertiary/aromatic N) is 1. The van der Waals surface area contributed by atoms with Crippen LogP contribution in [0.25, 0.3) is 0 Å². The molecule has 4 nitrogen and oxygen atoms in total. The van der Waals surface area contributed by atoms with Crippen molar-refractivity contribution in [3.8, 4) is 0 Å². The summed E-state index contributed by atoms with van der Waals surface area (Å²) < 4.78 is 5.83. The summed E-state index contributed by atoms with van der Waals surface area (Å²) in [5.41, 5.74) is 0. The molecule has 2 rings (SSSR count). The maximum Gasteiger partial charge on any atom is 0.251 e. The van der Waals surface area contributed by atoms with Crippen LogP contribution in [-0.2, 0) is 9.53 Å². The molecule has 1 aromatic heterocycles. The van der Waals surface area contributed by atoms with Gasteiger partial charge in [-0.15, -0.1) is 11.3 Å². The predicted octanol–water partition coefficient (Wildman–Crippen LogP) is 2.34. The van der Waals surface area contributed by atoms with Crippen molar-refractivity contribution in [1.82, 2.24) is 10.2 Å². The number of carbonyl (C=O) groups excluding carboxylic acids is 1. The molecule has 5 heteroatoms. The van der Waals surface area contributed by atoms with Crippen molar-refractivity contribution < 1.29 is 9.53 Å². The van der Waals surface area contributed by atoms with E-state index in [1.807, 2.05) is 11.3 Å². The molecule has 0 radical (unpaired) electrons. The minimum absolute atomic E-state index is 0.0782. The highest BCUT2D eigenvalue weighted by atomic mass is 32.1. The summed E-state index contributed by atoms with van der Waals surface area (Å²) >= 11 is 1.82. The van der Waals surface area contributed by atoms with E-state index in [0.717, 1.165) is 19.4 Å². The molecule has 1 amide bonds. The Bertz CT molecular complexity index is 458. The third-order valence-electron chi connectivity index (χ3n) is 3.66. The van der Waals surface area contributed by atoms with Crippen LogP contribution in [0.3, 0.4) is 0 Å². The van der Waals surface area contributed by atoms with Gasteiger partial charge in [-0.25, -0.2) is 0 Å². The number of thiophene rings is 1. The number of hydrogen-bond acceptors (Lipinski definition) is 4. The molecule has 3 unspecified atom stereocenters. The van der Waals surface area contributed by atoms with E-state index in [2.05, 4.69) is 31.3 Å². The second kappa shape index (κ2) is 6.70. The van der Waals surface area contributed by atoms with Gasteiger partial charge in [0.15, 0.2) is 0 Å². The van der Waals surface area contributed by atoms with Gasteiger partial charge in [0.25, 0.3) is 5.91 Å². The Morgan fingerprint density at radius 1 is 1.50 bits per heavy atom. The lowest BCUT2D eigenvalue weighted by Crippen LogP contribution is -2.35. The Kier molecular flexibility index (Phi) is 5.18. The molecule has 0 saturated carbocycles. The highest BCUT2D eigenvalue weighted by Crippen LogP contribution is 2.24. The fourth-order valence-corrected chi connectivity index (χ4v) is 3.32. The van der Waals surface area contributed by atoms with Crippen LogP contribution < -0.4 is 5.32 Å². The monoisotopic (exact) mass is 296 g/mol. The summed E-state index contributed by atoms with van der Waals surface area (Å²) in [5.74, 6) is 0.0782. The van der Waals surface area contributed by atoms with Crippen LogP contribution >= 0.6 is 11.3 Å². The molecule has 2 heterocycles. The van der Waals surface area contributed by atoms with Gasteiger partial charge in [-0.2, -0.15) is 0 Å². The van der Waals surface area contributed by atoms with E-state index in [9.17, 15) is 4.79 Å². The van der Waals surface area contributed by atoms with E-state index < -0.39 is 0 Å². The first kappa shape index (κ1) is 15.5. The smallest absolute Gasteiger partial charge is 0.251 e. The van der Waals surface area contributed by atoms with Crippen LogP contribution in [0.5, 0.6) is 0 Å². The SMILES string of the molecule is Cc1ccc(C(C)NCC2CCC(C(=O)N(C)C)O2)s1. The van der Waals surface area contributed by atoms with Crippen molar-refractivity contribution in [3.05, 3.63) is 21.9 Å². The quantitative estimate of drug-likeness (QED) is 0.907. The summed E-state index contributed by atoms with van der Waals surface area (Å²) in [6.45, 7) is 5.09. The van der Waals surface area contributed by atoms with Gasteiger partial charge in [0.05, 0.1) is 6.10 Å². The number of ether oxygens (including phenoxy) is 1. The topological polar surface area (TPSA) is 41.6 Å². The maximum atomic E-state index is 11.8. The van der Waals surface area contributed by atoms with Crippen molar-refractivity contribution in [2.24, 2.45) is 0 Å². The molecule has 112 valence electrons. The van der Waals surface area contributed by atoms with Crippen molar-refractivity contribution in [3.63, 3.8) is 0 Å². The van der Waals surface area contributed by atoms with Gasteiger partial charge in [0.1, 0.15) is 6.10 Å². The number of hydrogen-bond donors (Lipinski definition) is 1. The molecular formula is C15H24N2O2S. The van der Waals surface area contributed by atoms with Crippen molar-refractivity contribution in [2.45, 2.75) is 44.9 Å². The van der Waals surface area contributed by atoms with E-state index in [1.54, 1.807) is 19.0 Å². The first-order valence-corrected chi connectivity index (χ1v) is 7.95. The van der Waals surface area contributed by atoms with Gasteiger partial charge in [-0.3, -0.25) is 4.79 Å². The Morgan fingerprint density at radius 2 is 2.25 bits per heavy atom. The molecule has 1 aromatic rings. The molecule has 20 heavy (non-hydrogen) atoms. The molecule has 1 aliphatic rings. The Labute approximate surface area is 125 Å². The van der Waals surface area contributed by atoms with Crippen LogP contribution in [0.1, 0.15) is 35.6 Å². The van der Waals surface area contributed by atoms with Gasteiger partial charge in [0, 0.05) is 36.4 Å². The Morgan fingerprint density at radius 3 is 2.85 bits per heavy atom. The van der Waals surface area contributed by atoms with E-state index >= 15 is 0 Å². The first-order valence-electron chi connectivity index (χ1n) is 7.13. The molecule has 1 saturated heterocycles. The van der Waals surface area contributed by atoms with Gasteiger partial charge in [-0.1, -0.05) is 0 Å². The summed E-state index contributed by atoms with van der Waals surface area (Å²) in [4.78, 5) is 16.1. The van der Waals surface area contributed by atoms with Gasteiger partial charge < -0.3 is 15.0 Å². The number of likely N-dealkylation sites (N-methyl/N-ethyl adjacent to an activating group) is 1. The van der Waals surface area contributed by atoms with Crippen LogP contribution in [0.15, 0.2) is 12.1 Å². The van der Waals surface area contributed by atoms with Crippen molar-refractivity contribution in [2.75, 3.05) is 20.6 Å². The zero-order chi connectivity index (χ0) is 14.7.